The monoisotopic (exact) mass is 308 g/mol. The lowest BCUT2D eigenvalue weighted by molar-refractivity contribution is 0.585. The predicted molar refractivity (Wildman–Crippen MR) is 81.0 cm³/mol. The van der Waals surface area contributed by atoms with Crippen LogP contribution in [0.25, 0.3) is 0 Å². The maximum absolute atomic E-state index is 13.7. The molecule has 2 aromatic carbocycles. The molecular formula is C15H17FN2O2S. The van der Waals surface area contributed by atoms with Gasteiger partial charge >= 0.3 is 0 Å². The van der Waals surface area contributed by atoms with E-state index in [1.165, 1.54) is 18.2 Å². The molecule has 6 heteroatoms. The number of hydrogen-bond donors (Lipinski definition) is 2. The summed E-state index contributed by atoms with van der Waals surface area (Å²) in [6, 6.07) is 9.21. The number of anilines is 1. The first kappa shape index (κ1) is 15.5. The minimum Gasteiger partial charge on any atom is -0.326 e. The van der Waals surface area contributed by atoms with E-state index in [9.17, 15) is 12.8 Å². The van der Waals surface area contributed by atoms with Crippen LogP contribution in [0.5, 0.6) is 0 Å². The normalized spacial score (nSPS) is 11.4. The highest BCUT2D eigenvalue weighted by atomic mass is 32.2. The minimum absolute atomic E-state index is 0.0182. The van der Waals surface area contributed by atoms with Crippen LogP contribution in [0.15, 0.2) is 41.3 Å². The number of benzene rings is 2. The van der Waals surface area contributed by atoms with E-state index < -0.39 is 15.8 Å². The second-order valence-electron chi connectivity index (χ2n) is 4.77. The van der Waals surface area contributed by atoms with Gasteiger partial charge in [0.15, 0.2) is 0 Å². The van der Waals surface area contributed by atoms with E-state index in [1.54, 1.807) is 12.1 Å². The third-order valence-electron chi connectivity index (χ3n) is 3.42. The van der Waals surface area contributed by atoms with Gasteiger partial charge in [0.25, 0.3) is 10.0 Å². The number of nitrogens with two attached hydrogens (primary N) is 1. The summed E-state index contributed by atoms with van der Waals surface area (Å²) in [4.78, 5) is -0.133. The number of sulfonamides is 1. The van der Waals surface area contributed by atoms with Crippen molar-refractivity contribution in [2.75, 3.05) is 4.72 Å². The van der Waals surface area contributed by atoms with Crippen LogP contribution in [0, 0.1) is 19.7 Å². The number of halogens is 1. The van der Waals surface area contributed by atoms with Gasteiger partial charge in [0.1, 0.15) is 5.82 Å². The molecule has 0 aliphatic carbocycles. The molecule has 0 spiro atoms. The topological polar surface area (TPSA) is 72.2 Å². The zero-order chi connectivity index (χ0) is 15.6. The van der Waals surface area contributed by atoms with Crippen LogP contribution in [-0.4, -0.2) is 8.42 Å². The van der Waals surface area contributed by atoms with Crippen LogP contribution < -0.4 is 10.5 Å². The Bertz CT molecular complexity index is 773. The Morgan fingerprint density at radius 3 is 2.48 bits per heavy atom. The van der Waals surface area contributed by atoms with Gasteiger partial charge in [0, 0.05) is 12.1 Å². The second-order valence-corrected chi connectivity index (χ2v) is 6.42. The summed E-state index contributed by atoms with van der Waals surface area (Å²) in [5.41, 5.74) is 7.71. The van der Waals surface area contributed by atoms with Crippen molar-refractivity contribution in [3.8, 4) is 0 Å². The van der Waals surface area contributed by atoms with Crippen LogP contribution in [0.1, 0.15) is 16.7 Å². The number of rotatable bonds is 4. The van der Waals surface area contributed by atoms with E-state index in [1.807, 2.05) is 19.9 Å². The molecule has 0 aliphatic rings. The van der Waals surface area contributed by atoms with Crippen molar-refractivity contribution in [1.82, 2.24) is 0 Å². The Kier molecular flexibility index (Phi) is 4.29. The van der Waals surface area contributed by atoms with Gasteiger partial charge in [-0.1, -0.05) is 18.2 Å². The lowest BCUT2D eigenvalue weighted by Gasteiger charge is -2.14. The molecule has 0 radical (unpaired) electrons. The lowest BCUT2D eigenvalue weighted by atomic mass is 10.1. The zero-order valence-electron chi connectivity index (χ0n) is 11.9. The molecule has 2 aromatic rings. The van der Waals surface area contributed by atoms with Crippen LogP contribution >= 0.6 is 0 Å². The molecule has 3 N–H and O–H groups in total. The predicted octanol–water partition coefficient (Wildman–Crippen LogP) is 2.70. The molecule has 112 valence electrons. The summed E-state index contributed by atoms with van der Waals surface area (Å²) in [6.07, 6.45) is 0. The molecule has 2 rings (SSSR count). The Hall–Kier alpha value is -1.92. The molecule has 0 saturated carbocycles. The van der Waals surface area contributed by atoms with Gasteiger partial charge in [0.05, 0.1) is 10.6 Å². The van der Waals surface area contributed by atoms with Crippen molar-refractivity contribution in [2.45, 2.75) is 25.3 Å². The summed E-state index contributed by atoms with van der Waals surface area (Å²) < 4.78 is 41.1. The Morgan fingerprint density at radius 2 is 1.81 bits per heavy atom. The molecule has 0 unspecified atom stereocenters. The van der Waals surface area contributed by atoms with E-state index in [2.05, 4.69) is 4.72 Å². The second kappa shape index (κ2) is 5.83. The first-order valence-electron chi connectivity index (χ1n) is 6.43. The first-order chi connectivity index (χ1) is 9.86. The molecule has 0 aromatic heterocycles. The summed E-state index contributed by atoms with van der Waals surface area (Å²) in [5, 5.41) is 0. The van der Waals surface area contributed by atoms with Crippen LogP contribution in [0.2, 0.25) is 0 Å². The molecule has 0 aliphatic heterocycles. The minimum atomic E-state index is -3.89. The van der Waals surface area contributed by atoms with Crippen molar-refractivity contribution < 1.29 is 12.8 Å². The molecule has 0 heterocycles. The van der Waals surface area contributed by atoms with Gasteiger partial charge in [-0.2, -0.15) is 0 Å². The molecule has 0 saturated heterocycles. The lowest BCUT2D eigenvalue weighted by Crippen LogP contribution is -2.18. The third kappa shape index (κ3) is 3.06. The van der Waals surface area contributed by atoms with Crippen molar-refractivity contribution in [1.29, 1.82) is 0 Å². The SMILES string of the molecule is Cc1cccc(NS(=O)(=O)c2cccc(F)c2CN)c1C. The van der Waals surface area contributed by atoms with Crippen molar-refractivity contribution >= 4 is 15.7 Å². The highest BCUT2D eigenvalue weighted by molar-refractivity contribution is 7.92. The van der Waals surface area contributed by atoms with E-state index in [0.717, 1.165) is 11.1 Å². The molecule has 0 bridgehead atoms. The summed E-state index contributed by atoms with van der Waals surface area (Å²) in [5.74, 6) is -0.624. The van der Waals surface area contributed by atoms with Gasteiger partial charge in [-0.25, -0.2) is 12.8 Å². The fourth-order valence-corrected chi connectivity index (χ4v) is 3.43. The first-order valence-corrected chi connectivity index (χ1v) is 7.91. The van der Waals surface area contributed by atoms with Crippen molar-refractivity contribution in [3.63, 3.8) is 0 Å². The molecule has 4 nitrogen and oxygen atoms in total. The summed E-state index contributed by atoms with van der Waals surface area (Å²) >= 11 is 0. The molecule has 0 atom stereocenters. The smallest absolute Gasteiger partial charge is 0.262 e. The van der Waals surface area contributed by atoms with E-state index in [4.69, 9.17) is 5.73 Å². The van der Waals surface area contributed by atoms with Gasteiger partial charge in [-0.3, -0.25) is 4.72 Å². The summed E-state index contributed by atoms with van der Waals surface area (Å²) in [6.45, 7) is 3.53. The molecular weight excluding hydrogens is 291 g/mol. The van der Waals surface area contributed by atoms with Crippen molar-refractivity contribution in [2.24, 2.45) is 5.73 Å². The van der Waals surface area contributed by atoms with Gasteiger partial charge < -0.3 is 5.73 Å². The van der Waals surface area contributed by atoms with Crippen molar-refractivity contribution in [3.05, 3.63) is 58.9 Å². The largest absolute Gasteiger partial charge is 0.326 e. The fourth-order valence-electron chi connectivity index (χ4n) is 2.05. The van der Waals surface area contributed by atoms with Gasteiger partial charge in [0.2, 0.25) is 0 Å². The highest BCUT2D eigenvalue weighted by Gasteiger charge is 2.21. The number of hydrogen-bond acceptors (Lipinski definition) is 3. The number of nitrogens with one attached hydrogen (secondary N) is 1. The fraction of sp³-hybridized carbons (Fsp3) is 0.200. The zero-order valence-corrected chi connectivity index (χ0v) is 12.7. The quantitative estimate of drug-likeness (QED) is 0.912. The average molecular weight is 308 g/mol. The standard InChI is InChI=1S/C15H17FN2O2S/c1-10-5-3-7-14(11(10)2)18-21(19,20)15-8-4-6-13(16)12(15)9-17/h3-8,18H,9,17H2,1-2H3. The highest BCUT2D eigenvalue weighted by Crippen LogP contribution is 2.24. The van der Waals surface area contributed by atoms with Gasteiger partial charge in [-0.15, -0.1) is 0 Å². The molecule has 21 heavy (non-hydrogen) atoms. The number of aryl methyl sites for hydroxylation is 1. The average Bonchev–Trinajstić information content (AvgIpc) is 2.43. The molecule has 0 amide bonds. The van der Waals surface area contributed by atoms with Crippen LogP contribution in [0.3, 0.4) is 0 Å². The van der Waals surface area contributed by atoms with E-state index >= 15 is 0 Å². The molecule has 0 fully saturated rings. The van der Waals surface area contributed by atoms with E-state index in [-0.39, 0.29) is 17.0 Å². The van der Waals surface area contributed by atoms with Crippen LogP contribution in [-0.2, 0) is 16.6 Å². The Balaban J connectivity index is 2.49. The third-order valence-corrected chi connectivity index (χ3v) is 4.87. The summed E-state index contributed by atoms with van der Waals surface area (Å²) in [7, 11) is -3.89. The van der Waals surface area contributed by atoms with Gasteiger partial charge in [-0.05, 0) is 43.2 Å². The van der Waals surface area contributed by atoms with E-state index in [0.29, 0.717) is 5.69 Å². The Labute approximate surface area is 123 Å². The maximum Gasteiger partial charge on any atom is 0.262 e. The van der Waals surface area contributed by atoms with Crippen LogP contribution in [0.4, 0.5) is 10.1 Å². The maximum atomic E-state index is 13.7. The Morgan fingerprint density at radius 1 is 1.14 bits per heavy atom.